The lowest BCUT2D eigenvalue weighted by atomic mass is 10.2. The van der Waals surface area contributed by atoms with Gasteiger partial charge in [0.05, 0.1) is 6.61 Å². The molecular weight excluding hydrogens is 347 g/mol. The molecule has 0 amide bonds. The first-order valence-corrected chi connectivity index (χ1v) is 8.63. The summed E-state index contributed by atoms with van der Waals surface area (Å²) in [5.41, 5.74) is 1.93. The zero-order chi connectivity index (χ0) is 17.2. The van der Waals surface area contributed by atoms with Crippen molar-refractivity contribution < 1.29 is 9.84 Å². The van der Waals surface area contributed by atoms with Crippen LogP contribution < -0.4 is 15.4 Å². The highest BCUT2D eigenvalue weighted by atomic mass is 35.5. The molecule has 0 saturated heterocycles. The van der Waals surface area contributed by atoms with E-state index >= 15 is 0 Å². The molecule has 0 atom stereocenters. The summed E-state index contributed by atoms with van der Waals surface area (Å²) in [4.78, 5) is 0. The van der Waals surface area contributed by atoms with E-state index in [1.54, 1.807) is 12.1 Å². The van der Waals surface area contributed by atoms with Crippen molar-refractivity contribution >= 4 is 23.2 Å². The summed E-state index contributed by atoms with van der Waals surface area (Å²) in [5, 5.41) is 16.4. The van der Waals surface area contributed by atoms with Crippen LogP contribution in [0.3, 0.4) is 0 Å². The number of aliphatic hydroxyl groups excluding tert-OH is 1. The lowest BCUT2D eigenvalue weighted by Gasteiger charge is -2.11. The van der Waals surface area contributed by atoms with Gasteiger partial charge in [-0.3, -0.25) is 0 Å². The Labute approximate surface area is 152 Å². The molecule has 0 unspecified atom stereocenters. The maximum absolute atomic E-state index is 8.69. The second-order valence-electron chi connectivity index (χ2n) is 5.29. The standard InChI is InChI=1S/C18H22Cl2N2O2/c19-17-5-2-6-18(20)16(17)13-24-15-4-1-3-14(11-15)12-22-8-7-21-9-10-23/h1-6,11,21-23H,7-10,12-13H2. The van der Waals surface area contributed by atoms with Crippen molar-refractivity contribution in [3.8, 4) is 5.75 Å². The topological polar surface area (TPSA) is 53.5 Å². The van der Waals surface area contributed by atoms with Crippen molar-refractivity contribution in [3.63, 3.8) is 0 Å². The molecule has 0 saturated carbocycles. The number of hydrogen-bond donors (Lipinski definition) is 3. The Hall–Kier alpha value is -1.30. The number of nitrogens with one attached hydrogen (secondary N) is 2. The maximum atomic E-state index is 8.69. The molecule has 2 aromatic carbocycles. The van der Waals surface area contributed by atoms with Gasteiger partial charge in [-0.05, 0) is 29.8 Å². The molecule has 0 spiro atoms. The van der Waals surface area contributed by atoms with Crippen LogP contribution in [-0.2, 0) is 13.2 Å². The molecular formula is C18H22Cl2N2O2. The first kappa shape index (κ1) is 19.0. The van der Waals surface area contributed by atoms with Gasteiger partial charge in [0.15, 0.2) is 0 Å². The Balaban J connectivity index is 1.82. The fourth-order valence-corrected chi connectivity index (χ4v) is 2.69. The Morgan fingerprint density at radius 3 is 2.38 bits per heavy atom. The second kappa shape index (κ2) is 10.5. The Morgan fingerprint density at radius 2 is 1.62 bits per heavy atom. The van der Waals surface area contributed by atoms with Crippen LogP contribution in [0.25, 0.3) is 0 Å². The Morgan fingerprint density at radius 1 is 0.917 bits per heavy atom. The highest BCUT2D eigenvalue weighted by Crippen LogP contribution is 2.26. The van der Waals surface area contributed by atoms with Gasteiger partial charge in [0.1, 0.15) is 12.4 Å². The third kappa shape index (κ3) is 6.30. The van der Waals surface area contributed by atoms with E-state index in [1.807, 2.05) is 30.3 Å². The predicted octanol–water partition coefficient (Wildman–Crippen LogP) is 3.24. The quantitative estimate of drug-likeness (QED) is 0.563. The normalized spacial score (nSPS) is 10.8. The molecule has 0 heterocycles. The average molecular weight is 369 g/mol. The molecule has 0 fully saturated rings. The smallest absolute Gasteiger partial charge is 0.120 e. The van der Waals surface area contributed by atoms with Crippen molar-refractivity contribution in [2.75, 3.05) is 26.2 Å². The van der Waals surface area contributed by atoms with Gasteiger partial charge in [-0.1, -0.05) is 41.4 Å². The minimum absolute atomic E-state index is 0.162. The van der Waals surface area contributed by atoms with Crippen molar-refractivity contribution in [1.29, 1.82) is 0 Å². The summed E-state index contributed by atoms with van der Waals surface area (Å²) >= 11 is 12.3. The van der Waals surface area contributed by atoms with E-state index in [4.69, 9.17) is 33.0 Å². The van der Waals surface area contributed by atoms with Gasteiger partial charge >= 0.3 is 0 Å². The lowest BCUT2D eigenvalue weighted by Crippen LogP contribution is -2.28. The van der Waals surface area contributed by atoms with Crippen LogP contribution in [0.5, 0.6) is 5.75 Å². The second-order valence-corrected chi connectivity index (χ2v) is 6.10. The molecule has 0 aliphatic carbocycles. The molecule has 4 nitrogen and oxygen atoms in total. The van der Waals surface area contributed by atoms with Gasteiger partial charge in [-0.15, -0.1) is 0 Å². The minimum atomic E-state index is 0.162. The summed E-state index contributed by atoms with van der Waals surface area (Å²) in [5.74, 6) is 0.781. The highest BCUT2D eigenvalue weighted by Gasteiger charge is 2.06. The first-order valence-electron chi connectivity index (χ1n) is 7.87. The van der Waals surface area contributed by atoms with Crippen LogP contribution in [0.4, 0.5) is 0 Å². The van der Waals surface area contributed by atoms with Crippen LogP contribution in [0.1, 0.15) is 11.1 Å². The number of halogens is 2. The van der Waals surface area contributed by atoms with Crippen molar-refractivity contribution in [2.45, 2.75) is 13.2 Å². The molecule has 2 rings (SSSR count). The van der Waals surface area contributed by atoms with Crippen LogP contribution >= 0.6 is 23.2 Å². The zero-order valence-corrected chi connectivity index (χ0v) is 14.9. The minimum Gasteiger partial charge on any atom is -0.489 e. The maximum Gasteiger partial charge on any atom is 0.120 e. The molecule has 0 aliphatic heterocycles. The van der Waals surface area contributed by atoms with E-state index in [2.05, 4.69) is 10.6 Å². The molecule has 0 aromatic heterocycles. The summed E-state index contributed by atoms with van der Waals surface area (Å²) in [7, 11) is 0. The van der Waals surface area contributed by atoms with Crippen LogP contribution in [-0.4, -0.2) is 31.3 Å². The van der Waals surface area contributed by atoms with Gasteiger partial charge in [-0.2, -0.15) is 0 Å². The SMILES string of the molecule is OCCNCCNCc1cccc(OCc2c(Cl)cccc2Cl)c1. The number of aliphatic hydroxyl groups is 1. The lowest BCUT2D eigenvalue weighted by molar-refractivity contribution is 0.292. The molecule has 3 N–H and O–H groups in total. The van der Waals surface area contributed by atoms with Gasteiger partial charge < -0.3 is 20.5 Å². The molecule has 2 aromatic rings. The van der Waals surface area contributed by atoms with Gasteiger partial charge in [0.25, 0.3) is 0 Å². The first-order chi connectivity index (χ1) is 11.7. The summed E-state index contributed by atoms with van der Waals surface area (Å²) < 4.78 is 5.82. The van der Waals surface area contributed by atoms with Crippen LogP contribution in [0.2, 0.25) is 10.0 Å². The van der Waals surface area contributed by atoms with E-state index < -0.39 is 0 Å². The van der Waals surface area contributed by atoms with Gasteiger partial charge in [0.2, 0.25) is 0 Å². The van der Waals surface area contributed by atoms with Crippen LogP contribution in [0, 0.1) is 0 Å². The molecule has 24 heavy (non-hydrogen) atoms. The average Bonchev–Trinajstić information content (AvgIpc) is 2.58. The molecule has 0 aliphatic rings. The van der Waals surface area contributed by atoms with E-state index in [-0.39, 0.29) is 6.61 Å². The zero-order valence-electron chi connectivity index (χ0n) is 13.4. The fourth-order valence-electron chi connectivity index (χ4n) is 2.18. The summed E-state index contributed by atoms with van der Waals surface area (Å²) in [6, 6.07) is 13.3. The van der Waals surface area contributed by atoms with Crippen molar-refractivity contribution in [2.24, 2.45) is 0 Å². The summed E-state index contributed by atoms with van der Waals surface area (Å²) in [6.45, 7) is 3.53. The molecule has 0 bridgehead atoms. The Kier molecular flexibility index (Phi) is 8.36. The molecule has 0 radical (unpaired) electrons. The van der Waals surface area contributed by atoms with E-state index in [0.29, 0.717) is 23.2 Å². The third-order valence-corrected chi connectivity index (χ3v) is 4.15. The molecule has 130 valence electrons. The van der Waals surface area contributed by atoms with E-state index in [0.717, 1.165) is 36.5 Å². The number of hydrogen-bond acceptors (Lipinski definition) is 4. The predicted molar refractivity (Wildman–Crippen MR) is 98.9 cm³/mol. The highest BCUT2D eigenvalue weighted by molar-refractivity contribution is 6.35. The number of rotatable bonds is 10. The number of benzene rings is 2. The van der Waals surface area contributed by atoms with E-state index in [9.17, 15) is 0 Å². The van der Waals surface area contributed by atoms with Gasteiger partial charge in [-0.25, -0.2) is 0 Å². The molecule has 6 heteroatoms. The fraction of sp³-hybridized carbons (Fsp3) is 0.333. The third-order valence-electron chi connectivity index (χ3n) is 3.44. The largest absolute Gasteiger partial charge is 0.489 e. The summed E-state index contributed by atoms with van der Waals surface area (Å²) in [6.07, 6.45) is 0. The Bertz CT molecular complexity index is 618. The van der Waals surface area contributed by atoms with Crippen LogP contribution in [0.15, 0.2) is 42.5 Å². The monoisotopic (exact) mass is 368 g/mol. The van der Waals surface area contributed by atoms with Gasteiger partial charge in [0, 0.05) is 41.8 Å². The van der Waals surface area contributed by atoms with E-state index in [1.165, 1.54) is 0 Å². The van der Waals surface area contributed by atoms with Crippen molar-refractivity contribution in [1.82, 2.24) is 10.6 Å². The number of ether oxygens (including phenoxy) is 1. The van der Waals surface area contributed by atoms with Crippen molar-refractivity contribution in [3.05, 3.63) is 63.6 Å².